The number of carbonyl (C=O) groups is 1. The predicted molar refractivity (Wildman–Crippen MR) is 84.9 cm³/mol. The number of likely N-dealkylation sites (N-methyl/N-ethyl adjacent to an activating group) is 1. The molecule has 8 heteroatoms. The van der Waals surface area contributed by atoms with Crippen LogP contribution in [-0.4, -0.2) is 38.8 Å². The number of pyridine rings is 1. The molecule has 3 heterocycles. The normalized spacial score (nSPS) is 16.5. The number of aryl methyl sites for hydroxylation is 1. The van der Waals surface area contributed by atoms with Crippen LogP contribution in [0, 0.1) is 5.92 Å². The van der Waals surface area contributed by atoms with Crippen LogP contribution in [0.3, 0.4) is 0 Å². The molecular formula is C15H18N6O2. The summed E-state index contributed by atoms with van der Waals surface area (Å²) in [6, 6.07) is 1.79. The molecule has 8 nitrogen and oxygen atoms in total. The molecule has 1 saturated carbocycles. The van der Waals surface area contributed by atoms with Crippen LogP contribution in [-0.2, 0) is 18.3 Å². The zero-order valence-electron chi connectivity index (χ0n) is 13.1. The average Bonchev–Trinajstić information content (AvgIpc) is 3.33. The van der Waals surface area contributed by atoms with Gasteiger partial charge < -0.3 is 10.2 Å². The highest BCUT2D eigenvalue weighted by Crippen LogP contribution is 2.35. The summed E-state index contributed by atoms with van der Waals surface area (Å²) in [5.41, 5.74) is 1.27. The van der Waals surface area contributed by atoms with Crippen LogP contribution in [0.1, 0.15) is 18.7 Å². The Kier molecular flexibility index (Phi) is 3.00. The maximum Gasteiger partial charge on any atom is 0.350 e. The van der Waals surface area contributed by atoms with E-state index in [1.165, 1.54) is 4.68 Å². The fourth-order valence-corrected chi connectivity index (χ4v) is 2.96. The lowest BCUT2D eigenvalue weighted by Crippen LogP contribution is -2.25. The number of anilines is 2. The van der Waals surface area contributed by atoms with Crippen molar-refractivity contribution in [1.29, 1.82) is 0 Å². The summed E-state index contributed by atoms with van der Waals surface area (Å²) in [5, 5.41) is 7.22. The van der Waals surface area contributed by atoms with Crippen molar-refractivity contribution in [1.82, 2.24) is 19.3 Å². The fraction of sp³-hybridized carbons (Fsp3) is 0.467. The highest BCUT2D eigenvalue weighted by atomic mass is 16.2. The Morgan fingerprint density at radius 1 is 1.35 bits per heavy atom. The van der Waals surface area contributed by atoms with Crippen LogP contribution in [0.25, 0.3) is 5.69 Å². The lowest BCUT2D eigenvalue weighted by atomic mass is 10.2. The average molecular weight is 314 g/mol. The van der Waals surface area contributed by atoms with Gasteiger partial charge in [0.15, 0.2) is 5.82 Å². The lowest BCUT2D eigenvalue weighted by molar-refractivity contribution is -0.117. The van der Waals surface area contributed by atoms with Gasteiger partial charge in [0.05, 0.1) is 5.69 Å². The Balaban J connectivity index is 1.87. The summed E-state index contributed by atoms with van der Waals surface area (Å²) in [6.07, 6.45) is 4.13. The molecule has 1 N–H and O–H groups in total. The first-order valence-corrected chi connectivity index (χ1v) is 7.72. The van der Waals surface area contributed by atoms with Crippen LogP contribution in [0.2, 0.25) is 0 Å². The molecule has 1 aliphatic carbocycles. The van der Waals surface area contributed by atoms with E-state index in [1.54, 1.807) is 23.9 Å². The monoisotopic (exact) mass is 314 g/mol. The zero-order valence-corrected chi connectivity index (χ0v) is 13.1. The van der Waals surface area contributed by atoms with Crippen molar-refractivity contribution in [3.8, 4) is 5.69 Å². The van der Waals surface area contributed by atoms with E-state index in [1.807, 2.05) is 11.9 Å². The number of aromatic nitrogens is 4. The van der Waals surface area contributed by atoms with Gasteiger partial charge in [-0.25, -0.2) is 19.0 Å². The number of nitrogens with one attached hydrogen (secondary N) is 1. The molecule has 2 aliphatic rings. The van der Waals surface area contributed by atoms with Crippen molar-refractivity contribution < 1.29 is 4.79 Å². The third kappa shape index (κ3) is 2.21. The molecule has 0 bridgehead atoms. The predicted octanol–water partition coefficient (Wildman–Crippen LogP) is 0.307. The molecule has 120 valence electrons. The van der Waals surface area contributed by atoms with E-state index in [4.69, 9.17) is 0 Å². The number of hydrogen-bond acceptors (Lipinski definition) is 5. The van der Waals surface area contributed by atoms with Crippen molar-refractivity contribution >= 4 is 17.4 Å². The SMILES string of the molecule is CN1CCc2nn(C)c(=O)n2-c2ccnc(NC(=O)C3CC3)c21. The maximum absolute atomic E-state index is 12.4. The highest BCUT2D eigenvalue weighted by molar-refractivity contribution is 5.97. The number of nitrogens with zero attached hydrogens (tertiary/aromatic N) is 5. The van der Waals surface area contributed by atoms with Gasteiger partial charge in [0.1, 0.15) is 11.5 Å². The van der Waals surface area contributed by atoms with E-state index in [0.29, 0.717) is 30.3 Å². The van der Waals surface area contributed by atoms with Crippen LogP contribution in [0.5, 0.6) is 0 Å². The molecule has 1 fully saturated rings. The molecule has 0 unspecified atom stereocenters. The Hall–Kier alpha value is -2.64. The number of carbonyl (C=O) groups excluding carboxylic acids is 1. The minimum Gasteiger partial charge on any atom is -0.369 e. The molecule has 0 aromatic carbocycles. The first kappa shape index (κ1) is 14.0. The van der Waals surface area contributed by atoms with Gasteiger partial charge >= 0.3 is 5.69 Å². The molecule has 0 spiro atoms. The summed E-state index contributed by atoms with van der Waals surface area (Å²) in [5.74, 6) is 1.32. The maximum atomic E-state index is 12.4. The second kappa shape index (κ2) is 4.94. The van der Waals surface area contributed by atoms with Crippen LogP contribution in [0.15, 0.2) is 17.1 Å². The topological polar surface area (TPSA) is 85.1 Å². The third-order valence-corrected chi connectivity index (χ3v) is 4.38. The van der Waals surface area contributed by atoms with E-state index < -0.39 is 0 Å². The van der Waals surface area contributed by atoms with E-state index in [0.717, 1.165) is 18.5 Å². The van der Waals surface area contributed by atoms with Crippen molar-refractivity contribution in [2.24, 2.45) is 13.0 Å². The van der Waals surface area contributed by atoms with Crippen molar-refractivity contribution in [3.63, 3.8) is 0 Å². The molecular weight excluding hydrogens is 296 g/mol. The Labute approximate surface area is 132 Å². The van der Waals surface area contributed by atoms with E-state index in [2.05, 4.69) is 15.4 Å². The van der Waals surface area contributed by atoms with Gasteiger partial charge in [0.25, 0.3) is 0 Å². The first-order valence-electron chi connectivity index (χ1n) is 7.72. The number of hydrogen-bond donors (Lipinski definition) is 1. The fourth-order valence-electron chi connectivity index (χ4n) is 2.96. The second-order valence-corrected chi connectivity index (χ2v) is 6.12. The smallest absolute Gasteiger partial charge is 0.350 e. The van der Waals surface area contributed by atoms with Crippen molar-refractivity contribution in [2.45, 2.75) is 19.3 Å². The number of rotatable bonds is 2. The summed E-state index contributed by atoms with van der Waals surface area (Å²) in [7, 11) is 3.58. The molecule has 2 aromatic rings. The van der Waals surface area contributed by atoms with Crippen molar-refractivity contribution in [3.05, 3.63) is 28.6 Å². The summed E-state index contributed by atoms with van der Waals surface area (Å²) >= 11 is 0. The van der Waals surface area contributed by atoms with Crippen LogP contribution in [0.4, 0.5) is 11.5 Å². The van der Waals surface area contributed by atoms with Crippen LogP contribution < -0.4 is 15.9 Å². The standard InChI is InChI=1S/C15H18N6O2/c1-19-8-6-11-18-20(2)15(23)21(11)10-5-7-16-13(12(10)19)17-14(22)9-3-4-9/h5,7,9H,3-4,6,8H2,1-2H3,(H,16,17,22). The van der Waals surface area contributed by atoms with Gasteiger partial charge in [-0.1, -0.05) is 0 Å². The van der Waals surface area contributed by atoms with Gasteiger partial charge in [-0.3, -0.25) is 4.79 Å². The van der Waals surface area contributed by atoms with E-state index >= 15 is 0 Å². The highest BCUT2D eigenvalue weighted by Gasteiger charge is 2.31. The molecule has 1 aliphatic heterocycles. The molecule has 0 saturated heterocycles. The van der Waals surface area contributed by atoms with E-state index in [-0.39, 0.29) is 17.5 Å². The van der Waals surface area contributed by atoms with Gasteiger partial charge in [0.2, 0.25) is 5.91 Å². The number of amides is 1. The number of fused-ring (bicyclic) bond motifs is 3. The lowest BCUT2D eigenvalue weighted by Gasteiger charge is -2.22. The molecule has 4 rings (SSSR count). The quantitative estimate of drug-likeness (QED) is 0.862. The van der Waals surface area contributed by atoms with Gasteiger partial charge in [0, 0.05) is 39.2 Å². The Morgan fingerprint density at radius 2 is 2.13 bits per heavy atom. The second-order valence-electron chi connectivity index (χ2n) is 6.12. The van der Waals surface area contributed by atoms with Gasteiger partial charge in [-0.2, -0.15) is 5.10 Å². The molecule has 2 aromatic heterocycles. The van der Waals surface area contributed by atoms with Crippen molar-refractivity contribution in [2.75, 3.05) is 23.8 Å². The summed E-state index contributed by atoms with van der Waals surface area (Å²) < 4.78 is 2.95. The minimum atomic E-state index is -0.192. The summed E-state index contributed by atoms with van der Waals surface area (Å²) in [6.45, 7) is 0.696. The third-order valence-electron chi connectivity index (χ3n) is 4.38. The van der Waals surface area contributed by atoms with Crippen LogP contribution >= 0.6 is 0 Å². The van der Waals surface area contributed by atoms with Gasteiger partial charge in [-0.05, 0) is 18.9 Å². The molecule has 0 atom stereocenters. The molecule has 1 amide bonds. The molecule has 0 radical (unpaired) electrons. The van der Waals surface area contributed by atoms with Gasteiger partial charge in [-0.15, -0.1) is 0 Å². The first-order chi connectivity index (χ1) is 11.1. The van der Waals surface area contributed by atoms with E-state index in [9.17, 15) is 9.59 Å². The zero-order chi connectivity index (χ0) is 16.1. The molecule has 23 heavy (non-hydrogen) atoms. The largest absolute Gasteiger partial charge is 0.369 e. The summed E-state index contributed by atoms with van der Waals surface area (Å²) in [4.78, 5) is 30.9. The minimum absolute atomic E-state index is 0.00213. The Morgan fingerprint density at radius 3 is 2.87 bits per heavy atom. The Bertz CT molecular complexity index is 848.